The maximum atomic E-state index is 2.72. The van der Waals surface area contributed by atoms with Crippen LogP contribution < -0.4 is 0 Å². The van der Waals surface area contributed by atoms with E-state index in [9.17, 15) is 0 Å². The fourth-order valence-corrected chi connectivity index (χ4v) is 9.03. The molecular weight excluding hydrogens is 593 g/mol. The van der Waals surface area contributed by atoms with Crippen molar-refractivity contribution in [2.45, 2.75) is 96.3 Å². The maximum Gasteiger partial charge on any atom is -0.00133 e. The van der Waals surface area contributed by atoms with Gasteiger partial charge in [-0.1, -0.05) is 110 Å². The van der Waals surface area contributed by atoms with Crippen molar-refractivity contribution < 1.29 is 0 Å². The van der Waals surface area contributed by atoms with E-state index in [0.29, 0.717) is 0 Å². The van der Waals surface area contributed by atoms with E-state index in [2.05, 4.69) is 107 Å². The molecule has 3 aliphatic rings. The average Bonchev–Trinajstić information content (AvgIpc) is 3.50. The predicted molar refractivity (Wildman–Crippen MR) is 208 cm³/mol. The monoisotopic (exact) mass is 652 g/mol. The number of likely N-dealkylation sites (tertiary alicyclic amines) is 2. The van der Waals surface area contributed by atoms with Crippen LogP contribution in [0.1, 0.15) is 97.6 Å². The molecule has 0 radical (unpaired) electrons. The third-order valence-corrected chi connectivity index (χ3v) is 12.0. The van der Waals surface area contributed by atoms with Gasteiger partial charge < -0.3 is 9.80 Å². The normalized spacial score (nSPS) is 17.3. The fourth-order valence-electron chi connectivity index (χ4n) is 9.03. The van der Waals surface area contributed by atoms with Gasteiger partial charge in [0.25, 0.3) is 0 Å². The van der Waals surface area contributed by atoms with Crippen molar-refractivity contribution in [2.24, 2.45) is 11.8 Å². The lowest BCUT2D eigenvalue weighted by Crippen LogP contribution is -2.35. The van der Waals surface area contributed by atoms with Crippen molar-refractivity contribution in [2.75, 3.05) is 39.3 Å². The minimum Gasteiger partial charge on any atom is -0.303 e. The number of fused-ring (bicyclic) bond motifs is 3. The zero-order chi connectivity index (χ0) is 33.1. The van der Waals surface area contributed by atoms with Crippen LogP contribution in [0.25, 0.3) is 11.1 Å². The first-order valence-corrected chi connectivity index (χ1v) is 20.0. The fraction of sp³-hybridized carbons (Fsp3) is 0.489. The standard InChI is InChI=1S/C47H60N2/c1-5-13-38(14-6-1)33-42-23-29-48(30-24-42)27-11-3-9-17-40-19-21-46-44(35-40)37-45-36-41(20-22-47(45)46)18-10-4-12-28-49-31-25-43(26-32-49)34-39-15-7-2-8-16-39/h1-2,5-8,13-16,19-22,35-36,42-43H,3-4,9-12,17-18,23-34,37H2. The first kappa shape index (κ1) is 34.3. The van der Waals surface area contributed by atoms with Crippen molar-refractivity contribution >= 4 is 0 Å². The van der Waals surface area contributed by atoms with Crippen LogP contribution in [0.5, 0.6) is 0 Å². The van der Waals surface area contributed by atoms with E-state index in [1.54, 1.807) is 11.1 Å². The third-order valence-electron chi connectivity index (χ3n) is 12.0. The second-order valence-corrected chi connectivity index (χ2v) is 15.7. The SMILES string of the molecule is c1ccc(CC2CCN(CCCCCc3ccc4c(c3)Cc3cc(CCCCCN5CCC(Cc6ccccc6)CC5)ccc3-4)CC2)cc1. The van der Waals surface area contributed by atoms with Gasteiger partial charge in [-0.05, 0) is 179 Å². The summed E-state index contributed by atoms with van der Waals surface area (Å²) in [7, 11) is 0. The van der Waals surface area contributed by atoms with Crippen molar-refractivity contribution in [1.82, 2.24) is 9.80 Å². The Morgan fingerprint density at radius 1 is 0.429 bits per heavy atom. The van der Waals surface area contributed by atoms with Gasteiger partial charge in [-0.25, -0.2) is 0 Å². The van der Waals surface area contributed by atoms with Gasteiger partial charge in [0.05, 0.1) is 0 Å². The Morgan fingerprint density at radius 3 is 1.29 bits per heavy atom. The Labute approximate surface area is 297 Å². The number of unbranched alkanes of at least 4 members (excludes halogenated alkanes) is 4. The molecule has 258 valence electrons. The zero-order valence-electron chi connectivity index (χ0n) is 30.1. The summed E-state index contributed by atoms with van der Waals surface area (Å²) in [6.45, 7) is 7.74. The molecule has 2 saturated heterocycles. The van der Waals surface area contributed by atoms with Gasteiger partial charge in [-0.15, -0.1) is 0 Å². The average molecular weight is 653 g/mol. The van der Waals surface area contributed by atoms with Crippen LogP contribution in [0.15, 0.2) is 97.1 Å². The highest BCUT2D eigenvalue weighted by atomic mass is 15.1. The molecule has 0 bridgehead atoms. The van der Waals surface area contributed by atoms with E-state index < -0.39 is 0 Å². The maximum absolute atomic E-state index is 2.72. The third kappa shape index (κ3) is 9.95. The summed E-state index contributed by atoms with van der Waals surface area (Å²) < 4.78 is 0. The van der Waals surface area contributed by atoms with Crippen LogP contribution >= 0.6 is 0 Å². The summed E-state index contributed by atoms with van der Waals surface area (Å²) in [5.41, 5.74) is 12.2. The minimum atomic E-state index is 0.871. The van der Waals surface area contributed by atoms with Crippen molar-refractivity contribution in [3.63, 3.8) is 0 Å². The molecule has 49 heavy (non-hydrogen) atoms. The van der Waals surface area contributed by atoms with E-state index in [-0.39, 0.29) is 0 Å². The predicted octanol–water partition coefficient (Wildman–Crippen LogP) is 10.6. The molecule has 0 N–H and O–H groups in total. The highest BCUT2D eigenvalue weighted by molar-refractivity contribution is 5.77. The molecule has 2 fully saturated rings. The molecule has 0 saturated carbocycles. The summed E-state index contributed by atoms with van der Waals surface area (Å²) in [6.07, 6.45) is 19.5. The van der Waals surface area contributed by atoms with Crippen molar-refractivity contribution in [3.05, 3.63) is 130 Å². The van der Waals surface area contributed by atoms with Gasteiger partial charge in [0.1, 0.15) is 0 Å². The van der Waals surface area contributed by atoms with Gasteiger partial charge >= 0.3 is 0 Å². The molecule has 7 rings (SSSR count). The van der Waals surface area contributed by atoms with Crippen LogP contribution in [0, 0.1) is 11.8 Å². The minimum absolute atomic E-state index is 0.871. The van der Waals surface area contributed by atoms with Crippen LogP contribution in [0.2, 0.25) is 0 Å². The lowest BCUT2D eigenvalue weighted by molar-refractivity contribution is 0.181. The van der Waals surface area contributed by atoms with E-state index >= 15 is 0 Å². The summed E-state index contributed by atoms with van der Waals surface area (Å²) in [4.78, 5) is 5.44. The van der Waals surface area contributed by atoms with Crippen LogP contribution in [-0.2, 0) is 32.1 Å². The van der Waals surface area contributed by atoms with Gasteiger partial charge in [0, 0.05) is 0 Å². The van der Waals surface area contributed by atoms with E-state index in [4.69, 9.17) is 0 Å². The van der Waals surface area contributed by atoms with Gasteiger partial charge in [0.15, 0.2) is 0 Å². The molecule has 0 aromatic heterocycles. The Balaban J connectivity index is 0.756. The van der Waals surface area contributed by atoms with E-state index in [1.165, 1.54) is 163 Å². The number of nitrogens with zero attached hydrogens (tertiary/aromatic N) is 2. The molecule has 2 heteroatoms. The first-order valence-electron chi connectivity index (χ1n) is 20.0. The smallest absolute Gasteiger partial charge is 0.00133 e. The Bertz CT molecular complexity index is 1440. The lowest BCUT2D eigenvalue weighted by atomic mass is 9.90. The van der Waals surface area contributed by atoms with Crippen molar-refractivity contribution in [3.8, 4) is 11.1 Å². The van der Waals surface area contributed by atoms with Crippen LogP contribution in [0.3, 0.4) is 0 Å². The zero-order valence-corrected chi connectivity index (χ0v) is 30.1. The topological polar surface area (TPSA) is 6.48 Å². The van der Waals surface area contributed by atoms with Gasteiger partial charge in [-0.2, -0.15) is 0 Å². The molecular formula is C47H60N2. The molecule has 0 unspecified atom stereocenters. The second kappa shape index (κ2) is 17.6. The summed E-state index contributed by atoms with van der Waals surface area (Å²) >= 11 is 0. The summed E-state index contributed by atoms with van der Waals surface area (Å²) in [5.74, 6) is 1.74. The van der Waals surface area contributed by atoms with E-state index in [0.717, 1.165) is 18.3 Å². The molecule has 2 nitrogen and oxygen atoms in total. The largest absolute Gasteiger partial charge is 0.303 e. The highest BCUT2D eigenvalue weighted by Crippen LogP contribution is 2.38. The van der Waals surface area contributed by atoms with Crippen LogP contribution in [-0.4, -0.2) is 49.1 Å². The number of hydrogen-bond acceptors (Lipinski definition) is 2. The molecule has 2 aliphatic heterocycles. The summed E-state index contributed by atoms with van der Waals surface area (Å²) in [6, 6.07) is 36.9. The van der Waals surface area contributed by atoms with Crippen molar-refractivity contribution in [1.29, 1.82) is 0 Å². The number of rotatable bonds is 16. The molecule has 0 spiro atoms. The lowest BCUT2D eigenvalue weighted by Gasteiger charge is -2.32. The molecule has 4 aromatic carbocycles. The number of piperidine rings is 2. The molecule has 0 atom stereocenters. The van der Waals surface area contributed by atoms with Gasteiger partial charge in [0.2, 0.25) is 0 Å². The Hall–Kier alpha value is -3.20. The van der Waals surface area contributed by atoms with Crippen LogP contribution in [0.4, 0.5) is 0 Å². The number of aryl methyl sites for hydroxylation is 2. The van der Waals surface area contributed by atoms with Gasteiger partial charge in [-0.3, -0.25) is 0 Å². The molecule has 0 amide bonds. The second-order valence-electron chi connectivity index (χ2n) is 15.7. The number of hydrogen-bond donors (Lipinski definition) is 0. The molecule has 1 aliphatic carbocycles. The van der Waals surface area contributed by atoms with E-state index in [1.807, 2.05) is 0 Å². The molecule has 2 heterocycles. The molecule has 4 aromatic rings. The highest BCUT2D eigenvalue weighted by Gasteiger charge is 2.21. The summed E-state index contributed by atoms with van der Waals surface area (Å²) in [5, 5.41) is 0. The quantitative estimate of drug-likeness (QED) is 0.0979. The first-order chi connectivity index (χ1) is 24.2. The Kier molecular flexibility index (Phi) is 12.3. The number of benzene rings is 4. The Morgan fingerprint density at radius 2 is 0.857 bits per heavy atom.